The summed E-state index contributed by atoms with van der Waals surface area (Å²) >= 11 is 11.8. The Labute approximate surface area is 176 Å². The lowest BCUT2D eigenvalue weighted by atomic mass is 10.2. The van der Waals surface area contributed by atoms with Gasteiger partial charge < -0.3 is 10.2 Å². The highest BCUT2D eigenvalue weighted by Crippen LogP contribution is 2.24. The first kappa shape index (κ1) is 20.8. The van der Waals surface area contributed by atoms with Crippen LogP contribution in [0.3, 0.4) is 0 Å². The van der Waals surface area contributed by atoms with Gasteiger partial charge in [-0.15, -0.1) is 0 Å². The topological polar surface area (TPSA) is 84.3 Å². The smallest absolute Gasteiger partial charge is 0.261 e. The number of hydrogen-bond acceptors (Lipinski definition) is 4. The second kappa shape index (κ2) is 8.63. The molecule has 0 radical (unpaired) electrons. The molecule has 3 aromatic rings. The zero-order valence-electron chi connectivity index (χ0n) is 15.8. The van der Waals surface area contributed by atoms with E-state index < -0.39 is 11.8 Å². The summed E-state index contributed by atoms with van der Waals surface area (Å²) in [4.78, 5) is 43.1. The van der Waals surface area contributed by atoms with Crippen LogP contribution in [0.2, 0.25) is 10.0 Å². The monoisotopic (exact) mass is 432 g/mol. The van der Waals surface area contributed by atoms with E-state index in [1.165, 1.54) is 22.6 Å². The van der Waals surface area contributed by atoms with Gasteiger partial charge in [-0.1, -0.05) is 35.3 Å². The SMILES string of the molecule is Cc1nc2ccccc2c(=O)n1CC(=O)N(C)CC(=O)Nc1ccc(Cl)c(Cl)c1. The molecule has 0 aliphatic carbocycles. The fourth-order valence-electron chi connectivity index (χ4n) is 2.80. The van der Waals surface area contributed by atoms with Gasteiger partial charge in [0, 0.05) is 12.7 Å². The molecule has 1 heterocycles. The lowest BCUT2D eigenvalue weighted by Gasteiger charge is -2.18. The average molecular weight is 433 g/mol. The number of halogens is 2. The first-order chi connectivity index (χ1) is 13.8. The van der Waals surface area contributed by atoms with Crippen molar-refractivity contribution in [2.24, 2.45) is 0 Å². The largest absolute Gasteiger partial charge is 0.335 e. The van der Waals surface area contributed by atoms with Gasteiger partial charge in [-0.05, 0) is 37.3 Å². The van der Waals surface area contributed by atoms with Crippen LogP contribution in [0.15, 0.2) is 47.3 Å². The Balaban J connectivity index is 1.69. The summed E-state index contributed by atoms with van der Waals surface area (Å²) in [5.74, 6) is -0.368. The number of hydrogen-bond donors (Lipinski definition) is 1. The maximum atomic E-state index is 12.7. The summed E-state index contributed by atoms with van der Waals surface area (Å²) in [7, 11) is 1.49. The van der Waals surface area contributed by atoms with Gasteiger partial charge in [-0.2, -0.15) is 0 Å². The molecule has 1 N–H and O–H groups in total. The highest BCUT2D eigenvalue weighted by atomic mass is 35.5. The summed E-state index contributed by atoms with van der Waals surface area (Å²) in [6.45, 7) is 1.27. The number of aromatic nitrogens is 2. The second-order valence-electron chi connectivity index (χ2n) is 6.49. The zero-order valence-corrected chi connectivity index (χ0v) is 17.3. The van der Waals surface area contributed by atoms with Crippen LogP contribution >= 0.6 is 23.2 Å². The number of para-hydroxylation sites is 1. The number of nitrogens with zero attached hydrogens (tertiary/aromatic N) is 3. The maximum Gasteiger partial charge on any atom is 0.261 e. The first-order valence-corrected chi connectivity index (χ1v) is 9.47. The molecule has 0 aliphatic heterocycles. The number of nitrogens with one attached hydrogen (secondary N) is 1. The van der Waals surface area contributed by atoms with Gasteiger partial charge in [0.15, 0.2) is 0 Å². The lowest BCUT2D eigenvalue weighted by molar-refractivity contribution is -0.133. The summed E-state index contributed by atoms with van der Waals surface area (Å²) < 4.78 is 1.30. The first-order valence-electron chi connectivity index (χ1n) is 8.71. The molecule has 29 heavy (non-hydrogen) atoms. The van der Waals surface area contributed by atoms with Crippen molar-refractivity contribution in [1.29, 1.82) is 0 Å². The molecule has 0 bridgehead atoms. The van der Waals surface area contributed by atoms with Crippen LogP contribution in [0, 0.1) is 6.92 Å². The van der Waals surface area contributed by atoms with Gasteiger partial charge in [0.2, 0.25) is 11.8 Å². The van der Waals surface area contributed by atoms with Crippen molar-refractivity contribution in [3.8, 4) is 0 Å². The van der Waals surface area contributed by atoms with Gasteiger partial charge in [0.1, 0.15) is 12.4 Å². The Morgan fingerprint density at radius 1 is 1.14 bits per heavy atom. The van der Waals surface area contributed by atoms with E-state index in [1.807, 2.05) is 0 Å². The minimum atomic E-state index is -0.403. The van der Waals surface area contributed by atoms with E-state index in [9.17, 15) is 14.4 Å². The summed E-state index contributed by atoms with van der Waals surface area (Å²) in [5, 5.41) is 3.77. The minimum absolute atomic E-state index is 0.187. The fourth-order valence-corrected chi connectivity index (χ4v) is 3.10. The number of amides is 2. The molecule has 9 heteroatoms. The van der Waals surface area contributed by atoms with Crippen LogP contribution in [-0.2, 0) is 16.1 Å². The predicted molar refractivity (Wildman–Crippen MR) is 113 cm³/mol. The van der Waals surface area contributed by atoms with E-state index in [4.69, 9.17) is 23.2 Å². The van der Waals surface area contributed by atoms with Crippen molar-refractivity contribution < 1.29 is 9.59 Å². The average Bonchev–Trinajstić information content (AvgIpc) is 2.67. The number of anilines is 1. The number of carbonyl (C=O) groups is 2. The van der Waals surface area contributed by atoms with Crippen molar-refractivity contribution in [3.63, 3.8) is 0 Å². The van der Waals surface area contributed by atoms with Crippen molar-refractivity contribution in [1.82, 2.24) is 14.5 Å². The molecule has 0 saturated carbocycles. The second-order valence-corrected chi connectivity index (χ2v) is 7.31. The van der Waals surface area contributed by atoms with E-state index in [1.54, 1.807) is 43.3 Å². The molecule has 2 amide bonds. The van der Waals surface area contributed by atoms with E-state index in [2.05, 4.69) is 10.3 Å². The van der Waals surface area contributed by atoms with Crippen LogP contribution in [-0.4, -0.2) is 39.9 Å². The number of rotatable bonds is 5. The lowest BCUT2D eigenvalue weighted by Crippen LogP contribution is -2.39. The number of carbonyl (C=O) groups excluding carboxylic acids is 2. The van der Waals surface area contributed by atoms with E-state index in [-0.39, 0.29) is 18.6 Å². The Morgan fingerprint density at radius 2 is 1.86 bits per heavy atom. The Hall–Kier alpha value is -2.90. The molecule has 0 atom stereocenters. The van der Waals surface area contributed by atoms with Crippen molar-refractivity contribution in [2.75, 3.05) is 18.9 Å². The molecule has 150 valence electrons. The fraction of sp³-hybridized carbons (Fsp3) is 0.200. The molecular formula is C20H18Cl2N4O3. The highest BCUT2D eigenvalue weighted by molar-refractivity contribution is 6.42. The van der Waals surface area contributed by atoms with Gasteiger partial charge in [-0.3, -0.25) is 19.0 Å². The molecular weight excluding hydrogens is 415 g/mol. The van der Waals surface area contributed by atoms with Crippen molar-refractivity contribution in [3.05, 3.63) is 68.7 Å². The minimum Gasteiger partial charge on any atom is -0.335 e. The molecule has 0 aliphatic rings. The van der Waals surface area contributed by atoms with Crippen molar-refractivity contribution in [2.45, 2.75) is 13.5 Å². The third kappa shape index (κ3) is 4.75. The number of aryl methyl sites for hydroxylation is 1. The van der Waals surface area contributed by atoms with E-state index in [0.29, 0.717) is 32.5 Å². The van der Waals surface area contributed by atoms with Crippen molar-refractivity contribution >= 4 is 51.6 Å². The van der Waals surface area contributed by atoms with Crippen LogP contribution in [0.1, 0.15) is 5.82 Å². The maximum absolute atomic E-state index is 12.7. The molecule has 0 spiro atoms. The van der Waals surface area contributed by atoms with Crippen LogP contribution < -0.4 is 10.9 Å². The van der Waals surface area contributed by atoms with Crippen LogP contribution in [0.5, 0.6) is 0 Å². The molecule has 2 aromatic carbocycles. The number of likely N-dealkylation sites (N-methyl/N-ethyl adjacent to an activating group) is 1. The van der Waals surface area contributed by atoms with Gasteiger partial charge >= 0.3 is 0 Å². The summed E-state index contributed by atoms with van der Waals surface area (Å²) in [5.41, 5.74) is 0.749. The molecule has 0 saturated heterocycles. The van der Waals surface area contributed by atoms with E-state index >= 15 is 0 Å². The standard InChI is InChI=1S/C20H18Cl2N4O3/c1-12-23-17-6-4-3-5-14(17)20(29)26(12)11-19(28)25(2)10-18(27)24-13-7-8-15(21)16(22)9-13/h3-9H,10-11H2,1-2H3,(H,24,27). The Kier molecular flexibility index (Phi) is 6.20. The van der Waals surface area contributed by atoms with E-state index in [0.717, 1.165) is 0 Å². The molecule has 0 fully saturated rings. The highest BCUT2D eigenvalue weighted by Gasteiger charge is 2.17. The summed E-state index contributed by atoms with van der Waals surface area (Å²) in [6, 6.07) is 11.6. The number of fused-ring (bicyclic) bond motifs is 1. The molecule has 1 aromatic heterocycles. The molecule has 3 rings (SSSR count). The predicted octanol–water partition coefficient (Wildman–Crippen LogP) is 3.11. The Bertz CT molecular complexity index is 1160. The van der Waals surface area contributed by atoms with Gasteiger partial charge in [0.25, 0.3) is 5.56 Å². The van der Waals surface area contributed by atoms with Gasteiger partial charge in [0.05, 0.1) is 27.5 Å². The van der Waals surface area contributed by atoms with Crippen LogP contribution in [0.4, 0.5) is 5.69 Å². The number of benzene rings is 2. The zero-order chi connectivity index (χ0) is 21.1. The molecule has 0 unspecified atom stereocenters. The third-order valence-corrected chi connectivity index (χ3v) is 5.09. The third-order valence-electron chi connectivity index (χ3n) is 4.36. The molecule has 7 nitrogen and oxygen atoms in total. The van der Waals surface area contributed by atoms with Gasteiger partial charge in [-0.25, -0.2) is 4.98 Å². The normalized spacial score (nSPS) is 10.8. The quantitative estimate of drug-likeness (QED) is 0.670. The van der Waals surface area contributed by atoms with Crippen LogP contribution in [0.25, 0.3) is 10.9 Å². The summed E-state index contributed by atoms with van der Waals surface area (Å²) in [6.07, 6.45) is 0. The Morgan fingerprint density at radius 3 is 2.59 bits per heavy atom.